The Morgan fingerprint density at radius 1 is 1.31 bits per heavy atom. The molecule has 1 aliphatic heterocycles. The van der Waals surface area contributed by atoms with Crippen LogP contribution >= 0.6 is 0 Å². The normalized spacial score (nSPS) is 18.5. The lowest BCUT2D eigenvalue weighted by Gasteiger charge is -2.26. The molecule has 0 unspecified atom stereocenters. The van der Waals surface area contributed by atoms with Gasteiger partial charge in [-0.2, -0.15) is 0 Å². The SMILES string of the molecule is CN=C(NC)NCCCCN1CCOCC1. The molecule has 0 saturated carbocycles. The number of morpholine rings is 1. The van der Waals surface area contributed by atoms with E-state index in [0.29, 0.717) is 0 Å². The molecule has 2 N–H and O–H groups in total. The van der Waals surface area contributed by atoms with Crippen molar-refractivity contribution in [1.29, 1.82) is 0 Å². The third-order valence-corrected chi connectivity index (χ3v) is 2.76. The summed E-state index contributed by atoms with van der Waals surface area (Å²) >= 11 is 0. The van der Waals surface area contributed by atoms with Crippen LogP contribution in [0.5, 0.6) is 0 Å². The molecule has 1 aliphatic rings. The quantitative estimate of drug-likeness (QED) is 0.392. The number of hydrogen-bond acceptors (Lipinski definition) is 3. The summed E-state index contributed by atoms with van der Waals surface area (Å²) in [5, 5.41) is 6.26. The maximum Gasteiger partial charge on any atom is 0.190 e. The number of unbranched alkanes of at least 4 members (excludes halogenated alkanes) is 1. The van der Waals surface area contributed by atoms with Crippen LogP contribution in [0.3, 0.4) is 0 Å². The molecule has 0 atom stereocenters. The molecule has 0 aromatic heterocycles. The highest BCUT2D eigenvalue weighted by atomic mass is 16.5. The molecular formula is C11H24N4O. The molecule has 1 rings (SSSR count). The first kappa shape index (κ1) is 13.3. The highest BCUT2D eigenvalue weighted by Gasteiger charge is 2.08. The smallest absolute Gasteiger partial charge is 0.190 e. The molecule has 0 radical (unpaired) electrons. The van der Waals surface area contributed by atoms with E-state index in [1.54, 1.807) is 7.05 Å². The van der Waals surface area contributed by atoms with Gasteiger partial charge in [-0.05, 0) is 19.4 Å². The van der Waals surface area contributed by atoms with E-state index in [0.717, 1.165) is 38.8 Å². The van der Waals surface area contributed by atoms with Gasteiger partial charge in [0.25, 0.3) is 0 Å². The first-order chi connectivity index (χ1) is 7.86. The monoisotopic (exact) mass is 228 g/mol. The Labute approximate surface area is 98.3 Å². The molecule has 1 fully saturated rings. The van der Waals surface area contributed by atoms with Crippen LogP contribution in [0, 0.1) is 0 Å². The number of rotatable bonds is 5. The van der Waals surface area contributed by atoms with Crippen molar-refractivity contribution in [3.63, 3.8) is 0 Å². The molecule has 0 spiro atoms. The lowest BCUT2D eigenvalue weighted by molar-refractivity contribution is 0.0372. The summed E-state index contributed by atoms with van der Waals surface area (Å²) in [5.74, 6) is 0.867. The largest absolute Gasteiger partial charge is 0.379 e. The summed E-state index contributed by atoms with van der Waals surface area (Å²) in [6, 6.07) is 0. The van der Waals surface area contributed by atoms with E-state index >= 15 is 0 Å². The van der Waals surface area contributed by atoms with Crippen molar-refractivity contribution in [2.24, 2.45) is 4.99 Å². The van der Waals surface area contributed by atoms with E-state index in [1.807, 2.05) is 7.05 Å². The van der Waals surface area contributed by atoms with Crippen molar-refractivity contribution in [2.75, 3.05) is 53.5 Å². The van der Waals surface area contributed by atoms with E-state index in [4.69, 9.17) is 4.74 Å². The molecule has 16 heavy (non-hydrogen) atoms. The van der Waals surface area contributed by atoms with Crippen LogP contribution in [0.2, 0.25) is 0 Å². The zero-order valence-corrected chi connectivity index (χ0v) is 10.5. The number of aliphatic imine (C=N–C) groups is 1. The predicted molar refractivity (Wildman–Crippen MR) is 66.9 cm³/mol. The zero-order valence-electron chi connectivity index (χ0n) is 10.5. The van der Waals surface area contributed by atoms with E-state index in [1.165, 1.54) is 19.4 Å². The van der Waals surface area contributed by atoms with Crippen LogP contribution in [0.4, 0.5) is 0 Å². The minimum absolute atomic E-state index is 0.867. The maximum absolute atomic E-state index is 5.31. The Morgan fingerprint density at radius 3 is 2.69 bits per heavy atom. The van der Waals surface area contributed by atoms with Gasteiger partial charge < -0.3 is 15.4 Å². The van der Waals surface area contributed by atoms with E-state index < -0.39 is 0 Å². The van der Waals surface area contributed by atoms with Gasteiger partial charge in [0.1, 0.15) is 0 Å². The summed E-state index contributed by atoms with van der Waals surface area (Å²) in [6.45, 7) is 6.13. The van der Waals surface area contributed by atoms with Gasteiger partial charge >= 0.3 is 0 Å². The molecule has 0 bridgehead atoms. The molecule has 5 heteroatoms. The third-order valence-electron chi connectivity index (χ3n) is 2.76. The van der Waals surface area contributed by atoms with Gasteiger partial charge in [0, 0.05) is 33.7 Å². The number of guanidine groups is 1. The van der Waals surface area contributed by atoms with E-state index in [-0.39, 0.29) is 0 Å². The average molecular weight is 228 g/mol. The topological polar surface area (TPSA) is 48.9 Å². The fourth-order valence-corrected chi connectivity index (χ4v) is 1.77. The molecule has 94 valence electrons. The summed E-state index contributed by atoms with van der Waals surface area (Å²) in [4.78, 5) is 6.53. The first-order valence-electron chi connectivity index (χ1n) is 6.05. The number of nitrogens with zero attached hydrogens (tertiary/aromatic N) is 2. The Hall–Kier alpha value is -0.810. The van der Waals surface area contributed by atoms with Crippen LogP contribution in [-0.2, 0) is 4.74 Å². The molecule has 0 aromatic rings. The van der Waals surface area contributed by atoms with Crippen molar-refractivity contribution in [2.45, 2.75) is 12.8 Å². The maximum atomic E-state index is 5.31. The van der Waals surface area contributed by atoms with Gasteiger partial charge in [-0.15, -0.1) is 0 Å². The summed E-state index contributed by atoms with van der Waals surface area (Å²) in [6.07, 6.45) is 2.41. The molecule has 5 nitrogen and oxygen atoms in total. The van der Waals surface area contributed by atoms with Gasteiger partial charge in [0.2, 0.25) is 0 Å². The first-order valence-corrected chi connectivity index (χ1v) is 6.05. The molecular weight excluding hydrogens is 204 g/mol. The Bertz CT molecular complexity index is 202. The predicted octanol–water partition coefficient (Wildman–Crippen LogP) is -0.106. The minimum atomic E-state index is 0.867. The van der Waals surface area contributed by atoms with Crippen molar-refractivity contribution in [3.8, 4) is 0 Å². The van der Waals surface area contributed by atoms with Crippen molar-refractivity contribution >= 4 is 5.96 Å². The van der Waals surface area contributed by atoms with Gasteiger partial charge in [-0.1, -0.05) is 0 Å². The van der Waals surface area contributed by atoms with Crippen LogP contribution in [0.25, 0.3) is 0 Å². The van der Waals surface area contributed by atoms with E-state index in [9.17, 15) is 0 Å². The van der Waals surface area contributed by atoms with Gasteiger partial charge in [-0.3, -0.25) is 9.89 Å². The zero-order chi connectivity index (χ0) is 11.6. The highest BCUT2D eigenvalue weighted by molar-refractivity contribution is 5.79. The van der Waals surface area contributed by atoms with Crippen LogP contribution in [0.1, 0.15) is 12.8 Å². The number of nitrogens with one attached hydrogen (secondary N) is 2. The Kier molecular flexibility index (Phi) is 6.92. The van der Waals surface area contributed by atoms with E-state index in [2.05, 4.69) is 20.5 Å². The third kappa shape index (κ3) is 5.32. The lowest BCUT2D eigenvalue weighted by atomic mass is 10.3. The number of hydrogen-bond donors (Lipinski definition) is 2. The molecule has 0 amide bonds. The summed E-state index contributed by atoms with van der Waals surface area (Å²) < 4.78 is 5.31. The Morgan fingerprint density at radius 2 is 2.06 bits per heavy atom. The Balaban J connectivity index is 1.95. The molecule has 0 aliphatic carbocycles. The van der Waals surface area contributed by atoms with Gasteiger partial charge in [0.15, 0.2) is 5.96 Å². The molecule has 0 aromatic carbocycles. The van der Waals surface area contributed by atoms with Gasteiger partial charge in [-0.25, -0.2) is 0 Å². The van der Waals surface area contributed by atoms with Crippen LogP contribution in [0.15, 0.2) is 4.99 Å². The highest BCUT2D eigenvalue weighted by Crippen LogP contribution is 1.99. The molecule has 1 saturated heterocycles. The minimum Gasteiger partial charge on any atom is -0.379 e. The standard InChI is InChI=1S/C11H24N4O/c1-12-11(13-2)14-5-3-4-6-15-7-9-16-10-8-15/h3-10H2,1-2H3,(H2,12,13,14). The second kappa shape index (κ2) is 8.35. The summed E-state index contributed by atoms with van der Waals surface area (Å²) in [5.41, 5.74) is 0. The average Bonchev–Trinajstić information content (AvgIpc) is 2.35. The molecule has 1 heterocycles. The van der Waals surface area contributed by atoms with Gasteiger partial charge in [0.05, 0.1) is 13.2 Å². The van der Waals surface area contributed by atoms with Crippen LogP contribution in [-0.4, -0.2) is 64.3 Å². The lowest BCUT2D eigenvalue weighted by Crippen LogP contribution is -2.38. The fraction of sp³-hybridized carbons (Fsp3) is 0.909. The second-order valence-electron chi connectivity index (χ2n) is 3.91. The fourth-order valence-electron chi connectivity index (χ4n) is 1.77. The summed E-state index contributed by atoms with van der Waals surface area (Å²) in [7, 11) is 3.66. The van der Waals surface area contributed by atoms with Crippen molar-refractivity contribution in [3.05, 3.63) is 0 Å². The second-order valence-corrected chi connectivity index (χ2v) is 3.91. The van der Waals surface area contributed by atoms with Crippen LogP contribution < -0.4 is 10.6 Å². The van der Waals surface area contributed by atoms with Crippen molar-refractivity contribution in [1.82, 2.24) is 15.5 Å². The number of ether oxygens (including phenoxy) is 1. The van der Waals surface area contributed by atoms with Crippen molar-refractivity contribution < 1.29 is 4.74 Å².